The highest BCUT2D eigenvalue weighted by atomic mass is 32.2. The summed E-state index contributed by atoms with van der Waals surface area (Å²) in [6.07, 6.45) is 0. The normalized spacial score (nSPS) is 12.1. The standard InChI is InChI=1S/C24H26N2O4S/c1-17-7-5-6-8-23(17)18(2)25-24(27)19-9-11-20(12-10-19)26(3)31(28,29)22-15-13-21(30-4)14-16-22/h5-16,18H,1-4H3,(H,25,27)/t18-/m1/s1. The summed E-state index contributed by atoms with van der Waals surface area (Å²) in [6.45, 7) is 3.94. The van der Waals surface area contributed by atoms with Crippen molar-refractivity contribution in [3.8, 4) is 5.75 Å². The number of carbonyl (C=O) groups excluding carboxylic acids is 1. The maximum Gasteiger partial charge on any atom is 0.264 e. The number of sulfonamides is 1. The van der Waals surface area contributed by atoms with Crippen LogP contribution in [0.1, 0.15) is 34.5 Å². The van der Waals surface area contributed by atoms with E-state index in [4.69, 9.17) is 4.74 Å². The molecule has 0 spiro atoms. The Hall–Kier alpha value is -3.32. The van der Waals surface area contributed by atoms with Crippen LogP contribution in [0.4, 0.5) is 5.69 Å². The van der Waals surface area contributed by atoms with Gasteiger partial charge in [0.15, 0.2) is 0 Å². The molecule has 6 nitrogen and oxygen atoms in total. The SMILES string of the molecule is COc1ccc(S(=O)(=O)N(C)c2ccc(C(=O)N[C@H](C)c3ccccc3C)cc2)cc1. The number of methoxy groups -OCH3 is 1. The van der Waals surface area contributed by atoms with Gasteiger partial charge in [-0.05, 0) is 73.5 Å². The largest absolute Gasteiger partial charge is 0.497 e. The number of carbonyl (C=O) groups is 1. The van der Waals surface area contributed by atoms with E-state index in [2.05, 4.69) is 5.32 Å². The second-order valence-corrected chi connectivity index (χ2v) is 9.22. The van der Waals surface area contributed by atoms with Gasteiger partial charge >= 0.3 is 0 Å². The Balaban J connectivity index is 1.74. The van der Waals surface area contributed by atoms with Gasteiger partial charge in [0.1, 0.15) is 5.75 Å². The molecule has 0 saturated heterocycles. The van der Waals surface area contributed by atoms with Gasteiger partial charge in [0.25, 0.3) is 15.9 Å². The fourth-order valence-electron chi connectivity index (χ4n) is 3.30. The van der Waals surface area contributed by atoms with Crippen molar-refractivity contribution in [2.45, 2.75) is 24.8 Å². The Morgan fingerprint density at radius 2 is 1.58 bits per heavy atom. The zero-order valence-corrected chi connectivity index (χ0v) is 18.8. The third-order valence-electron chi connectivity index (χ3n) is 5.21. The van der Waals surface area contributed by atoms with E-state index in [0.29, 0.717) is 17.0 Å². The van der Waals surface area contributed by atoms with Gasteiger partial charge in [-0.3, -0.25) is 9.10 Å². The maximum atomic E-state index is 12.9. The third-order valence-corrected chi connectivity index (χ3v) is 7.01. The quantitative estimate of drug-likeness (QED) is 0.596. The van der Waals surface area contributed by atoms with Crippen molar-refractivity contribution in [2.75, 3.05) is 18.5 Å². The van der Waals surface area contributed by atoms with Crippen LogP contribution in [0.3, 0.4) is 0 Å². The molecule has 1 N–H and O–H groups in total. The number of nitrogens with one attached hydrogen (secondary N) is 1. The van der Waals surface area contributed by atoms with Crippen LogP contribution in [0.2, 0.25) is 0 Å². The number of nitrogens with zero attached hydrogens (tertiary/aromatic N) is 1. The van der Waals surface area contributed by atoms with Crippen LogP contribution >= 0.6 is 0 Å². The second-order valence-electron chi connectivity index (χ2n) is 7.25. The van der Waals surface area contributed by atoms with Gasteiger partial charge in [-0.15, -0.1) is 0 Å². The fraction of sp³-hybridized carbons (Fsp3) is 0.208. The van der Waals surface area contributed by atoms with Gasteiger partial charge in [0, 0.05) is 12.6 Å². The first-order valence-corrected chi connectivity index (χ1v) is 11.3. The lowest BCUT2D eigenvalue weighted by molar-refractivity contribution is 0.0940. The highest BCUT2D eigenvalue weighted by Gasteiger charge is 2.22. The molecule has 162 valence electrons. The van der Waals surface area contributed by atoms with E-state index in [1.54, 1.807) is 36.4 Å². The van der Waals surface area contributed by atoms with E-state index in [1.165, 1.54) is 30.6 Å². The summed E-state index contributed by atoms with van der Waals surface area (Å²) in [7, 11) is -0.729. The molecule has 0 bridgehead atoms. The molecule has 0 fully saturated rings. The molecule has 0 saturated carbocycles. The van der Waals surface area contributed by atoms with Crippen LogP contribution in [0.5, 0.6) is 5.75 Å². The predicted octanol–water partition coefficient (Wildman–Crippen LogP) is 4.32. The molecule has 0 aliphatic heterocycles. The highest BCUT2D eigenvalue weighted by molar-refractivity contribution is 7.92. The van der Waals surface area contributed by atoms with Crippen LogP contribution in [-0.2, 0) is 10.0 Å². The molecule has 3 aromatic rings. The molecular weight excluding hydrogens is 412 g/mol. The third kappa shape index (κ3) is 4.88. The van der Waals surface area contributed by atoms with Crippen LogP contribution < -0.4 is 14.4 Å². The average Bonchev–Trinajstić information content (AvgIpc) is 2.78. The molecular formula is C24H26N2O4S. The molecule has 0 aliphatic rings. The monoisotopic (exact) mass is 438 g/mol. The zero-order valence-electron chi connectivity index (χ0n) is 18.0. The highest BCUT2D eigenvalue weighted by Crippen LogP contribution is 2.24. The zero-order chi connectivity index (χ0) is 22.6. The van der Waals surface area contributed by atoms with Crippen LogP contribution in [0.25, 0.3) is 0 Å². The Labute approximate surface area is 183 Å². The van der Waals surface area contributed by atoms with Crippen LogP contribution in [-0.4, -0.2) is 28.5 Å². The molecule has 3 rings (SSSR count). The van der Waals surface area contributed by atoms with Crippen molar-refractivity contribution in [1.82, 2.24) is 5.32 Å². The fourth-order valence-corrected chi connectivity index (χ4v) is 4.49. The number of hydrogen-bond acceptors (Lipinski definition) is 4. The molecule has 0 aromatic heterocycles. The minimum absolute atomic E-state index is 0.147. The summed E-state index contributed by atoms with van der Waals surface area (Å²) in [6, 6.07) is 20.4. The lowest BCUT2D eigenvalue weighted by Gasteiger charge is -2.20. The Kier molecular flexibility index (Phi) is 6.65. The minimum atomic E-state index is -3.73. The van der Waals surface area contributed by atoms with Gasteiger partial charge in [-0.2, -0.15) is 0 Å². The number of hydrogen-bond donors (Lipinski definition) is 1. The average molecular weight is 439 g/mol. The first-order chi connectivity index (χ1) is 14.7. The number of benzene rings is 3. The van der Waals surface area contributed by atoms with E-state index < -0.39 is 10.0 Å². The van der Waals surface area contributed by atoms with E-state index in [1.807, 2.05) is 38.1 Å². The first-order valence-electron chi connectivity index (χ1n) is 9.83. The van der Waals surface area contributed by atoms with Crippen molar-refractivity contribution in [3.63, 3.8) is 0 Å². The Bertz CT molecular complexity index is 1160. The summed E-state index contributed by atoms with van der Waals surface area (Å²) < 4.78 is 32.0. The summed E-state index contributed by atoms with van der Waals surface area (Å²) >= 11 is 0. The van der Waals surface area contributed by atoms with Crippen molar-refractivity contribution in [1.29, 1.82) is 0 Å². The van der Waals surface area contributed by atoms with Crippen LogP contribution in [0, 0.1) is 6.92 Å². The van der Waals surface area contributed by atoms with E-state index in [-0.39, 0.29) is 16.8 Å². The van der Waals surface area contributed by atoms with Gasteiger partial charge in [-0.25, -0.2) is 8.42 Å². The van der Waals surface area contributed by atoms with Crippen molar-refractivity contribution < 1.29 is 17.9 Å². The van der Waals surface area contributed by atoms with Crippen molar-refractivity contribution in [3.05, 3.63) is 89.5 Å². The molecule has 31 heavy (non-hydrogen) atoms. The molecule has 0 unspecified atom stereocenters. The summed E-state index contributed by atoms with van der Waals surface area (Å²) in [5.74, 6) is 0.361. The molecule has 1 amide bonds. The number of rotatable bonds is 7. The minimum Gasteiger partial charge on any atom is -0.497 e. The topological polar surface area (TPSA) is 75.7 Å². The van der Waals surface area contributed by atoms with E-state index >= 15 is 0 Å². The Morgan fingerprint density at radius 3 is 2.16 bits per heavy atom. The van der Waals surface area contributed by atoms with Gasteiger partial charge in [-0.1, -0.05) is 24.3 Å². The smallest absolute Gasteiger partial charge is 0.264 e. The molecule has 0 radical (unpaired) electrons. The predicted molar refractivity (Wildman–Crippen MR) is 122 cm³/mol. The second kappa shape index (κ2) is 9.22. The molecule has 7 heteroatoms. The Morgan fingerprint density at radius 1 is 0.968 bits per heavy atom. The van der Waals surface area contributed by atoms with Gasteiger partial charge < -0.3 is 10.1 Å². The number of aryl methyl sites for hydroxylation is 1. The summed E-state index contributed by atoms with van der Waals surface area (Å²) in [4.78, 5) is 12.8. The number of ether oxygens (including phenoxy) is 1. The summed E-state index contributed by atoms with van der Waals surface area (Å²) in [5, 5.41) is 2.99. The lowest BCUT2D eigenvalue weighted by Crippen LogP contribution is -2.28. The van der Waals surface area contributed by atoms with Crippen molar-refractivity contribution in [2.24, 2.45) is 0 Å². The number of anilines is 1. The van der Waals surface area contributed by atoms with E-state index in [0.717, 1.165) is 11.1 Å². The first kappa shape index (κ1) is 22.4. The van der Waals surface area contributed by atoms with Crippen LogP contribution in [0.15, 0.2) is 77.7 Å². The molecule has 0 aliphatic carbocycles. The van der Waals surface area contributed by atoms with Crippen molar-refractivity contribution >= 4 is 21.6 Å². The molecule has 0 heterocycles. The lowest BCUT2D eigenvalue weighted by atomic mass is 10.0. The number of amides is 1. The maximum absolute atomic E-state index is 12.9. The van der Waals surface area contributed by atoms with E-state index in [9.17, 15) is 13.2 Å². The van der Waals surface area contributed by atoms with Gasteiger partial charge in [0.2, 0.25) is 0 Å². The molecule has 3 aromatic carbocycles. The van der Waals surface area contributed by atoms with Gasteiger partial charge in [0.05, 0.1) is 23.7 Å². The summed E-state index contributed by atoms with van der Waals surface area (Å²) in [5.41, 5.74) is 3.08. The molecule has 1 atom stereocenters.